The summed E-state index contributed by atoms with van der Waals surface area (Å²) >= 11 is 0. The second kappa shape index (κ2) is 9.64. The Morgan fingerprint density at radius 2 is 1.27 bits per heavy atom. The molecule has 1 saturated heterocycles. The molecule has 0 N–H and O–H groups in total. The maximum Gasteiger partial charge on any atom is 0.460 e. The van der Waals surface area contributed by atoms with Crippen LogP contribution in [0.3, 0.4) is 0 Å². The average Bonchev–Trinajstić information content (AvgIpc) is 2.75. The fraction of sp³-hybridized carbons (Fsp3) is 0.684. The predicted molar refractivity (Wildman–Crippen MR) is 101 cm³/mol. The molecule has 1 aliphatic rings. The fourth-order valence-electron chi connectivity index (χ4n) is 3.37. The Bertz CT molecular complexity index is 1060. The predicted octanol–water partition coefficient (Wildman–Crippen LogP) is 6.47. The van der Waals surface area contributed by atoms with E-state index in [4.69, 9.17) is 0 Å². The lowest BCUT2D eigenvalue weighted by molar-refractivity contribution is -0.433. The maximum atomic E-state index is 14.0. The highest BCUT2D eigenvalue weighted by Gasteiger charge is 2.93. The lowest BCUT2D eigenvalue weighted by Crippen LogP contribution is -2.71. The number of hydrogen-bond acceptors (Lipinski definition) is 4. The largest absolute Gasteiger partial charge is 0.460 e. The van der Waals surface area contributed by atoms with Crippen LogP contribution in [0.2, 0.25) is 0 Å². The molecular weight excluding hydrogens is 569 g/mol. The van der Waals surface area contributed by atoms with Gasteiger partial charge in [-0.15, -0.1) is 0 Å². The molecule has 0 aromatic heterocycles. The van der Waals surface area contributed by atoms with Crippen LogP contribution in [-0.4, -0.2) is 61.0 Å². The topological polar surface area (TPSA) is 46.6 Å². The standard InChI is InChI=1S/C19H18F13NO3S/c1-11-4-2-3-9-33(11)10-12-5-7-13(8-6-12)36-37(34,35)19(31,32)17(26,27)15(22,23)14(20,21)16(24,25)18(28,29)30/h5-8,11H,2-4,9-10H2,1H3. The molecule has 37 heavy (non-hydrogen) atoms. The normalized spacial score (nSPS) is 19.7. The maximum absolute atomic E-state index is 14.0. The summed E-state index contributed by atoms with van der Waals surface area (Å²) in [6.45, 7) is 2.87. The van der Waals surface area contributed by atoms with Gasteiger partial charge < -0.3 is 4.18 Å². The van der Waals surface area contributed by atoms with Crippen molar-refractivity contribution in [3.63, 3.8) is 0 Å². The molecule has 1 heterocycles. The smallest absolute Gasteiger partial charge is 0.378 e. The quantitative estimate of drug-likeness (QED) is 0.246. The van der Waals surface area contributed by atoms with Crippen LogP contribution >= 0.6 is 0 Å². The number of rotatable bonds is 9. The highest BCUT2D eigenvalue weighted by atomic mass is 32.2. The van der Waals surface area contributed by atoms with E-state index in [1.165, 1.54) is 0 Å². The first-order valence-electron chi connectivity index (χ1n) is 10.2. The molecule has 0 amide bonds. The molecule has 0 spiro atoms. The molecule has 1 aromatic carbocycles. The van der Waals surface area contributed by atoms with Crippen LogP contribution in [0.1, 0.15) is 31.7 Å². The van der Waals surface area contributed by atoms with Crippen molar-refractivity contribution in [2.24, 2.45) is 0 Å². The van der Waals surface area contributed by atoms with Gasteiger partial charge in [0.05, 0.1) is 0 Å². The minimum Gasteiger partial charge on any atom is -0.378 e. The molecule has 4 nitrogen and oxygen atoms in total. The number of halogens is 13. The van der Waals surface area contributed by atoms with Crippen molar-refractivity contribution in [2.75, 3.05) is 6.54 Å². The minimum absolute atomic E-state index is 0.149. The number of nitrogens with zero attached hydrogens (tertiary/aromatic N) is 1. The third-order valence-electron chi connectivity index (χ3n) is 5.67. The van der Waals surface area contributed by atoms with E-state index in [1.807, 2.05) is 11.8 Å². The van der Waals surface area contributed by atoms with E-state index in [0.29, 0.717) is 24.2 Å². The number of likely N-dealkylation sites (tertiary alicyclic amines) is 1. The monoisotopic (exact) mass is 587 g/mol. The summed E-state index contributed by atoms with van der Waals surface area (Å²) in [4.78, 5) is 1.99. The third-order valence-corrected chi connectivity index (χ3v) is 6.97. The first-order chi connectivity index (χ1) is 16.4. The molecule has 0 bridgehead atoms. The summed E-state index contributed by atoms with van der Waals surface area (Å²) in [5, 5.41) is -7.41. The van der Waals surface area contributed by atoms with Crippen LogP contribution in [0.5, 0.6) is 5.75 Å². The first kappa shape index (κ1) is 31.2. The van der Waals surface area contributed by atoms with E-state index in [2.05, 4.69) is 4.18 Å². The lowest BCUT2D eigenvalue weighted by atomic mass is 9.98. The SMILES string of the molecule is CC1CCCCN1Cc1ccc(OS(=O)(=O)C(F)(F)C(F)(F)C(F)(F)C(F)(F)C(F)(F)C(F)(F)F)cc1. The van der Waals surface area contributed by atoms with Gasteiger partial charge in [-0.2, -0.15) is 65.5 Å². The van der Waals surface area contributed by atoms with Crippen LogP contribution in [-0.2, 0) is 16.7 Å². The zero-order valence-electron chi connectivity index (χ0n) is 18.4. The van der Waals surface area contributed by atoms with Gasteiger partial charge in [-0.1, -0.05) is 18.6 Å². The van der Waals surface area contributed by atoms with Crippen molar-refractivity contribution < 1.29 is 69.7 Å². The van der Waals surface area contributed by atoms with Crippen LogP contribution in [0, 0.1) is 0 Å². The molecule has 1 atom stereocenters. The van der Waals surface area contributed by atoms with E-state index in [0.717, 1.165) is 31.4 Å². The van der Waals surface area contributed by atoms with Gasteiger partial charge in [0.1, 0.15) is 5.75 Å². The van der Waals surface area contributed by atoms with Crippen LogP contribution in [0.25, 0.3) is 0 Å². The summed E-state index contributed by atoms with van der Waals surface area (Å²) < 4.78 is 199. The molecule has 0 aliphatic carbocycles. The Morgan fingerprint density at radius 3 is 1.73 bits per heavy atom. The Kier molecular flexibility index (Phi) is 8.14. The molecule has 0 radical (unpaired) electrons. The number of piperidine rings is 1. The van der Waals surface area contributed by atoms with Gasteiger partial charge in [0.25, 0.3) is 0 Å². The Balaban J connectivity index is 2.33. The average molecular weight is 587 g/mol. The zero-order valence-corrected chi connectivity index (χ0v) is 19.2. The molecule has 2 rings (SSSR count). The van der Waals surface area contributed by atoms with Gasteiger partial charge in [-0.05, 0) is 44.0 Å². The Morgan fingerprint density at radius 1 is 0.784 bits per heavy atom. The lowest BCUT2D eigenvalue weighted by Gasteiger charge is -2.38. The first-order valence-corrected chi connectivity index (χ1v) is 11.6. The molecule has 1 unspecified atom stereocenters. The van der Waals surface area contributed by atoms with Gasteiger partial charge in [0.15, 0.2) is 0 Å². The van der Waals surface area contributed by atoms with Crippen LogP contribution in [0.15, 0.2) is 24.3 Å². The third kappa shape index (κ3) is 5.18. The second-order valence-corrected chi connectivity index (χ2v) is 9.90. The molecular formula is C19H18F13NO3S. The number of benzene rings is 1. The van der Waals surface area contributed by atoms with E-state index >= 15 is 0 Å². The van der Waals surface area contributed by atoms with Gasteiger partial charge in [0.2, 0.25) is 0 Å². The van der Waals surface area contributed by atoms with Gasteiger partial charge in [-0.25, -0.2) is 0 Å². The summed E-state index contributed by atoms with van der Waals surface area (Å²) in [6.07, 6.45) is -4.90. The second-order valence-electron chi connectivity index (χ2n) is 8.31. The van der Waals surface area contributed by atoms with Crippen molar-refractivity contribution in [3.8, 4) is 5.75 Å². The molecule has 214 valence electrons. The Hall–Kier alpha value is -1.98. The van der Waals surface area contributed by atoms with Crippen molar-refractivity contribution in [1.82, 2.24) is 4.90 Å². The molecule has 1 aromatic rings. The van der Waals surface area contributed by atoms with Crippen molar-refractivity contribution in [2.45, 2.75) is 73.9 Å². The van der Waals surface area contributed by atoms with E-state index in [9.17, 15) is 65.5 Å². The van der Waals surface area contributed by atoms with E-state index < -0.39 is 51.0 Å². The minimum atomic E-state index is -8.24. The fourth-order valence-corrected chi connectivity index (χ4v) is 4.28. The van der Waals surface area contributed by atoms with Gasteiger partial charge in [0, 0.05) is 12.6 Å². The molecule has 18 heteroatoms. The van der Waals surface area contributed by atoms with Gasteiger partial charge >= 0.3 is 45.2 Å². The van der Waals surface area contributed by atoms with Crippen LogP contribution in [0.4, 0.5) is 57.1 Å². The summed E-state index contributed by atoms with van der Waals surface area (Å²) in [7, 11) is -7.38. The number of alkyl halides is 13. The van der Waals surface area contributed by atoms with Crippen molar-refractivity contribution in [3.05, 3.63) is 29.8 Å². The highest BCUT2D eigenvalue weighted by molar-refractivity contribution is 7.88. The highest BCUT2D eigenvalue weighted by Crippen LogP contribution is 2.61. The van der Waals surface area contributed by atoms with E-state index in [-0.39, 0.29) is 12.6 Å². The summed E-state index contributed by atoms with van der Waals surface area (Å²) in [6, 6.07) is 3.56. The van der Waals surface area contributed by atoms with E-state index in [1.54, 1.807) is 0 Å². The molecule has 1 fully saturated rings. The van der Waals surface area contributed by atoms with Gasteiger partial charge in [-0.3, -0.25) is 4.90 Å². The molecule has 0 saturated carbocycles. The zero-order chi connectivity index (χ0) is 28.9. The van der Waals surface area contributed by atoms with Crippen LogP contribution < -0.4 is 4.18 Å². The number of hydrogen-bond donors (Lipinski definition) is 0. The van der Waals surface area contributed by atoms with Crippen molar-refractivity contribution in [1.29, 1.82) is 0 Å². The molecule has 1 aliphatic heterocycles. The Labute approximate surface area is 201 Å². The summed E-state index contributed by atoms with van der Waals surface area (Å²) in [5.74, 6) is -33.6. The van der Waals surface area contributed by atoms with Crippen molar-refractivity contribution >= 4 is 10.1 Å². The summed E-state index contributed by atoms with van der Waals surface area (Å²) in [5.41, 5.74) is 0.441.